The van der Waals surface area contributed by atoms with Gasteiger partial charge < -0.3 is 0 Å². The fourth-order valence-corrected chi connectivity index (χ4v) is 7.45. The number of rotatable bonds is 4. The van der Waals surface area contributed by atoms with E-state index in [0.29, 0.717) is 0 Å². The second-order valence-electron chi connectivity index (χ2n) is 11.7. The van der Waals surface area contributed by atoms with Gasteiger partial charge in [-0.15, -0.1) is 0 Å². The Balaban J connectivity index is 0.977. The van der Waals surface area contributed by atoms with Gasteiger partial charge >= 0.3 is 0 Å². The summed E-state index contributed by atoms with van der Waals surface area (Å²) >= 11 is 0. The van der Waals surface area contributed by atoms with E-state index in [0.717, 1.165) is 39.3 Å². The van der Waals surface area contributed by atoms with E-state index in [4.69, 9.17) is 0 Å². The first kappa shape index (κ1) is 22.6. The topological polar surface area (TPSA) is 6.48 Å². The van der Waals surface area contributed by atoms with E-state index in [-0.39, 0.29) is 0 Å². The highest BCUT2D eigenvalue weighted by Gasteiger charge is 2.20. The van der Waals surface area contributed by atoms with E-state index in [1.807, 2.05) is 0 Å². The van der Waals surface area contributed by atoms with Crippen molar-refractivity contribution in [3.63, 3.8) is 0 Å². The van der Waals surface area contributed by atoms with Gasteiger partial charge in [-0.25, -0.2) is 0 Å². The van der Waals surface area contributed by atoms with Gasteiger partial charge in [-0.3, -0.25) is 9.80 Å². The molecule has 0 N–H and O–H groups in total. The Morgan fingerprint density at radius 2 is 0.675 bits per heavy atom. The van der Waals surface area contributed by atoms with E-state index in [9.17, 15) is 0 Å². The van der Waals surface area contributed by atoms with Crippen molar-refractivity contribution in [2.24, 2.45) is 0 Å². The first-order chi connectivity index (χ1) is 19.8. The SMILES string of the molecule is c1cc2ccc3ccc(CN4CCN(Cc5ccc6ccc7cccc8ccc5c6c78)CC4)c4ccc(c1)c2c34. The zero-order valence-electron chi connectivity index (χ0n) is 22.5. The third-order valence-electron chi connectivity index (χ3n) is 9.49. The minimum Gasteiger partial charge on any atom is -0.297 e. The number of hydrogen-bond acceptors (Lipinski definition) is 2. The summed E-state index contributed by atoms with van der Waals surface area (Å²) in [5.74, 6) is 0. The first-order valence-corrected chi connectivity index (χ1v) is 14.6. The van der Waals surface area contributed by atoms with Gasteiger partial charge in [0.2, 0.25) is 0 Å². The standard InChI is InChI=1S/C38H30N2/c1-3-25-7-9-29-11-13-31(33-17-15-27(5-1)35(25)37(29)33)23-39-19-21-40(22-20-39)24-32-14-12-30-10-8-26-4-2-6-28-16-18-34(32)38(30)36(26)28/h1-18H,19-24H2. The predicted octanol–water partition coefficient (Wildman–Crippen LogP) is 8.80. The van der Waals surface area contributed by atoms with Crippen molar-refractivity contribution >= 4 is 64.6 Å². The van der Waals surface area contributed by atoms with Crippen LogP contribution in [0.3, 0.4) is 0 Å². The smallest absolute Gasteiger partial charge is 0.0240 e. The summed E-state index contributed by atoms with van der Waals surface area (Å²) in [6.45, 7) is 6.45. The van der Waals surface area contributed by atoms with Gasteiger partial charge in [-0.2, -0.15) is 0 Å². The molecule has 2 nitrogen and oxygen atoms in total. The van der Waals surface area contributed by atoms with Gasteiger partial charge in [0.1, 0.15) is 0 Å². The maximum atomic E-state index is 2.65. The van der Waals surface area contributed by atoms with E-state index in [2.05, 4.69) is 119 Å². The van der Waals surface area contributed by atoms with Crippen LogP contribution >= 0.6 is 0 Å². The molecule has 0 aliphatic carbocycles. The Morgan fingerprint density at radius 3 is 1.07 bits per heavy atom. The minimum atomic E-state index is 1.01. The van der Waals surface area contributed by atoms with Crippen LogP contribution in [-0.2, 0) is 13.1 Å². The highest BCUT2D eigenvalue weighted by Crippen LogP contribution is 2.38. The molecule has 1 aliphatic heterocycles. The lowest BCUT2D eigenvalue weighted by molar-refractivity contribution is 0.122. The third-order valence-corrected chi connectivity index (χ3v) is 9.49. The van der Waals surface area contributed by atoms with Crippen LogP contribution in [-0.4, -0.2) is 36.0 Å². The molecule has 9 rings (SSSR count). The molecule has 1 fully saturated rings. The van der Waals surface area contributed by atoms with Crippen LogP contribution in [0.4, 0.5) is 0 Å². The third kappa shape index (κ3) is 3.37. The van der Waals surface area contributed by atoms with Gasteiger partial charge in [-0.1, -0.05) is 109 Å². The molecule has 40 heavy (non-hydrogen) atoms. The van der Waals surface area contributed by atoms with Gasteiger partial charge in [0, 0.05) is 39.3 Å². The van der Waals surface area contributed by atoms with Crippen LogP contribution in [0.25, 0.3) is 64.6 Å². The van der Waals surface area contributed by atoms with Crippen molar-refractivity contribution in [1.82, 2.24) is 9.80 Å². The van der Waals surface area contributed by atoms with Crippen LogP contribution < -0.4 is 0 Å². The largest absolute Gasteiger partial charge is 0.297 e. The van der Waals surface area contributed by atoms with Crippen LogP contribution in [0.1, 0.15) is 11.1 Å². The summed E-state index contributed by atoms with van der Waals surface area (Å²) < 4.78 is 0. The fraction of sp³-hybridized carbons (Fsp3) is 0.158. The summed E-state index contributed by atoms with van der Waals surface area (Å²) in [6, 6.07) is 41.1. The molecule has 1 aliphatic rings. The first-order valence-electron chi connectivity index (χ1n) is 14.6. The molecular formula is C38H30N2. The fourth-order valence-electron chi connectivity index (χ4n) is 7.45. The molecule has 8 aromatic carbocycles. The molecule has 0 amide bonds. The second-order valence-corrected chi connectivity index (χ2v) is 11.7. The van der Waals surface area contributed by atoms with Crippen molar-refractivity contribution in [1.29, 1.82) is 0 Å². The Hall–Kier alpha value is -4.24. The highest BCUT2D eigenvalue weighted by atomic mass is 15.3. The number of hydrogen-bond donors (Lipinski definition) is 0. The van der Waals surface area contributed by atoms with Crippen LogP contribution in [0.5, 0.6) is 0 Å². The van der Waals surface area contributed by atoms with Crippen molar-refractivity contribution in [2.75, 3.05) is 26.2 Å². The lowest BCUT2D eigenvalue weighted by Crippen LogP contribution is -2.45. The maximum Gasteiger partial charge on any atom is 0.0240 e. The van der Waals surface area contributed by atoms with E-state index >= 15 is 0 Å². The van der Waals surface area contributed by atoms with Gasteiger partial charge in [0.05, 0.1) is 0 Å². The molecule has 0 atom stereocenters. The van der Waals surface area contributed by atoms with Crippen molar-refractivity contribution in [3.05, 3.63) is 120 Å². The molecule has 0 bridgehead atoms. The molecule has 1 saturated heterocycles. The zero-order valence-corrected chi connectivity index (χ0v) is 22.5. The average molecular weight is 515 g/mol. The van der Waals surface area contributed by atoms with Crippen LogP contribution in [0.15, 0.2) is 109 Å². The van der Waals surface area contributed by atoms with Crippen LogP contribution in [0.2, 0.25) is 0 Å². The van der Waals surface area contributed by atoms with E-state index in [1.54, 1.807) is 0 Å². The molecule has 1 heterocycles. The quantitative estimate of drug-likeness (QED) is 0.217. The average Bonchev–Trinajstić information content (AvgIpc) is 3.01. The summed E-state index contributed by atoms with van der Waals surface area (Å²) in [7, 11) is 0. The van der Waals surface area contributed by atoms with Crippen molar-refractivity contribution < 1.29 is 0 Å². The highest BCUT2D eigenvalue weighted by molar-refractivity contribution is 6.24. The van der Waals surface area contributed by atoms with Crippen LogP contribution in [0, 0.1) is 0 Å². The molecule has 0 saturated carbocycles. The van der Waals surface area contributed by atoms with E-state index in [1.165, 1.54) is 75.8 Å². The normalized spacial score (nSPS) is 15.6. The molecule has 0 spiro atoms. The minimum absolute atomic E-state index is 1.01. The molecule has 0 unspecified atom stereocenters. The molecule has 8 aromatic rings. The maximum absolute atomic E-state index is 2.65. The molecular weight excluding hydrogens is 484 g/mol. The lowest BCUT2D eigenvalue weighted by Gasteiger charge is -2.35. The molecule has 2 heteroatoms. The summed E-state index contributed by atoms with van der Waals surface area (Å²) in [5.41, 5.74) is 2.90. The van der Waals surface area contributed by atoms with E-state index < -0.39 is 0 Å². The Bertz CT molecular complexity index is 2000. The summed E-state index contributed by atoms with van der Waals surface area (Å²) in [5, 5.41) is 16.6. The summed E-state index contributed by atoms with van der Waals surface area (Å²) in [4.78, 5) is 5.29. The monoisotopic (exact) mass is 514 g/mol. The Labute approximate surface area is 233 Å². The number of piperazine rings is 1. The Morgan fingerprint density at radius 1 is 0.350 bits per heavy atom. The second kappa shape index (κ2) is 8.63. The van der Waals surface area contributed by atoms with Gasteiger partial charge in [0.15, 0.2) is 0 Å². The molecule has 192 valence electrons. The molecule has 0 radical (unpaired) electrons. The number of nitrogens with zero attached hydrogens (tertiary/aromatic N) is 2. The summed E-state index contributed by atoms with van der Waals surface area (Å²) in [6.07, 6.45) is 0. The number of benzene rings is 8. The predicted molar refractivity (Wildman–Crippen MR) is 171 cm³/mol. The van der Waals surface area contributed by atoms with Gasteiger partial charge in [-0.05, 0) is 75.8 Å². The van der Waals surface area contributed by atoms with Crippen molar-refractivity contribution in [2.45, 2.75) is 13.1 Å². The van der Waals surface area contributed by atoms with Gasteiger partial charge in [0.25, 0.3) is 0 Å². The van der Waals surface area contributed by atoms with Crippen molar-refractivity contribution in [3.8, 4) is 0 Å². The molecule has 0 aromatic heterocycles. The lowest BCUT2D eigenvalue weighted by atomic mass is 9.91. The Kier molecular flexibility index (Phi) is 4.87. The zero-order chi connectivity index (χ0) is 26.2.